The molecular weight excluding hydrogens is 420 g/mol. The maximum absolute atomic E-state index is 13.5. The van der Waals surface area contributed by atoms with Crippen LogP contribution in [0.5, 0.6) is 0 Å². The molecule has 0 saturated heterocycles. The van der Waals surface area contributed by atoms with Gasteiger partial charge in [0.05, 0.1) is 10.6 Å². The summed E-state index contributed by atoms with van der Waals surface area (Å²) in [5.41, 5.74) is 4.87. The molecule has 0 aromatic heterocycles. The lowest BCUT2D eigenvalue weighted by Gasteiger charge is -2.32. The predicted molar refractivity (Wildman–Crippen MR) is 130 cm³/mol. The van der Waals surface area contributed by atoms with E-state index < -0.39 is 10.0 Å². The van der Waals surface area contributed by atoms with E-state index in [1.807, 2.05) is 54.6 Å². The van der Waals surface area contributed by atoms with E-state index in [4.69, 9.17) is 0 Å². The van der Waals surface area contributed by atoms with Gasteiger partial charge in [0.1, 0.15) is 6.54 Å². The second-order valence-electron chi connectivity index (χ2n) is 8.73. The molecule has 1 aliphatic heterocycles. The van der Waals surface area contributed by atoms with E-state index in [0.717, 1.165) is 16.7 Å². The van der Waals surface area contributed by atoms with Crippen LogP contribution in [0.2, 0.25) is 0 Å². The average Bonchev–Trinajstić information content (AvgIpc) is 2.76. The lowest BCUT2D eigenvalue weighted by molar-refractivity contribution is -0.114. The minimum atomic E-state index is -3.87. The Morgan fingerprint density at radius 2 is 1.56 bits per heavy atom. The van der Waals surface area contributed by atoms with E-state index >= 15 is 0 Å². The number of sulfonamides is 1. The summed E-state index contributed by atoms with van der Waals surface area (Å²) in [6.45, 7) is 8.02. The zero-order valence-corrected chi connectivity index (χ0v) is 19.6. The van der Waals surface area contributed by atoms with Crippen molar-refractivity contribution in [2.75, 3.05) is 16.2 Å². The number of nitrogens with one attached hydrogen (secondary N) is 1. The maximum atomic E-state index is 13.5. The number of fused-ring (bicyclic) bond motifs is 3. The summed E-state index contributed by atoms with van der Waals surface area (Å²) < 4.78 is 28.2. The molecule has 0 saturated carbocycles. The number of hydrogen-bond donors (Lipinski definition) is 1. The van der Waals surface area contributed by atoms with Crippen LogP contribution in [0, 0.1) is 0 Å². The molecule has 32 heavy (non-hydrogen) atoms. The summed E-state index contributed by atoms with van der Waals surface area (Å²) >= 11 is 0. The minimum Gasteiger partial charge on any atom is -0.324 e. The highest BCUT2D eigenvalue weighted by Crippen LogP contribution is 2.44. The molecule has 1 aliphatic rings. The number of hydrogen-bond acceptors (Lipinski definition) is 3. The topological polar surface area (TPSA) is 66.5 Å². The molecule has 1 amide bonds. The van der Waals surface area contributed by atoms with Gasteiger partial charge in [0, 0.05) is 16.8 Å². The number of amides is 1. The van der Waals surface area contributed by atoms with Gasteiger partial charge in [-0.15, -0.1) is 0 Å². The van der Waals surface area contributed by atoms with Crippen LogP contribution in [0.3, 0.4) is 0 Å². The molecule has 1 N–H and O–H groups in total. The molecule has 166 valence electrons. The number of anilines is 2. The summed E-state index contributed by atoms with van der Waals surface area (Å²) in [5, 5.41) is 2.92. The maximum Gasteiger partial charge on any atom is 0.265 e. The molecule has 0 bridgehead atoms. The Hall–Kier alpha value is -3.12. The summed E-state index contributed by atoms with van der Waals surface area (Å²) in [7, 11) is -3.87. The van der Waals surface area contributed by atoms with Crippen molar-refractivity contribution in [1.29, 1.82) is 0 Å². The quantitative estimate of drug-likeness (QED) is 0.541. The van der Waals surface area contributed by atoms with Crippen molar-refractivity contribution in [1.82, 2.24) is 0 Å². The van der Waals surface area contributed by atoms with Gasteiger partial charge in [0.2, 0.25) is 5.91 Å². The highest BCUT2D eigenvalue weighted by molar-refractivity contribution is 7.93. The van der Waals surface area contributed by atoms with Crippen molar-refractivity contribution in [3.63, 3.8) is 0 Å². The third-order valence-corrected chi connectivity index (χ3v) is 7.66. The fourth-order valence-corrected chi connectivity index (χ4v) is 5.76. The summed E-state index contributed by atoms with van der Waals surface area (Å²) in [4.78, 5) is 13.2. The molecule has 0 aliphatic carbocycles. The highest BCUT2D eigenvalue weighted by atomic mass is 32.2. The Labute approximate surface area is 190 Å². The average molecular weight is 449 g/mol. The molecule has 3 aromatic rings. The molecular formula is C26H28N2O3S. The van der Waals surface area contributed by atoms with Gasteiger partial charge in [0.25, 0.3) is 10.0 Å². The van der Waals surface area contributed by atoms with Crippen molar-refractivity contribution in [3.05, 3.63) is 77.9 Å². The molecule has 0 spiro atoms. The van der Waals surface area contributed by atoms with Gasteiger partial charge in [-0.2, -0.15) is 0 Å². The fourth-order valence-electron chi connectivity index (χ4n) is 4.11. The number of carbonyl (C=O) groups excluding carboxylic acids is 1. The third-order valence-electron chi connectivity index (χ3n) is 5.85. The van der Waals surface area contributed by atoms with Crippen LogP contribution >= 0.6 is 0 Å². The predicted octanol–water partition coefficient (Wildman–Crippen LogP) is 5.75. The lowest BCUT2D eigenvalue weighted by Crippen LogP contribution is -2.40. The summed E-state index contributed by atoms with van der Waals surface area (Å²) in [5.74, 6) is 0.155. The van der Waals surface area contributed by atoms with E-state index in [1.54, 1.807) is 12.1 Å². The van der Waals surface area contributed by atoms with E-state index in [1.165, 1.54) is 4.31 Å². The number of rotatable bonds is 5. The Morgan fingerprint density at radius 1 is 0.875 bits per heavy atom. The Bertz CT molecular complexity index is 1280. The lowest BCUT2D eigenvalue weighted by atomic mass is 9.95. The van der Waals surface area contributed by atoms with Crippen LogP contribution in [-0.4, -0.2) is 20.9 Å². The zero-order chi connectivity index (χ0) is 23.0. The molecule has 0 unspecified atom stereocenters. The normalized spacial score (nSPS) is 14.2. The standard InChI is InChI=1S/C26H28N2O3S/c1-17(2)19-13-14-24-22(15-19)21-10-6-8-12-25(21)32(30,31)28(24)16-26(29)27-23-11-7-5-9-20(23)18(3)4/h5-15,17-18H,16H2,1-4H3,(H,27,29). The number of carbonyl (C=O) groups is 1. The van der Waals surface area contributed by atoms with Crippen molar-refractivity contribution in [2.24, 2.45) is 0 Å². The molecule has 1 heterocycles. The van der Waals surface area contributed by atoms with Crippen LogP contribution < -0.4 is 9.62 Å². The van der Waals surface area contributed by atoms with Gasteiger partial charge in [-0.3, -0.25) is 9.10 Å². The molecule has 0 atom stereocenters. The van der Waals surface area contributed by atoms with Gasteiger partial charge < -0.3 is 5.32 Å². The zero-order valence-electron chi connectivity index (χ0n) is 18.8. The molecule has 0 radical (unpaired) electrons. The smallest absolute Gasteiger partial charge is 0.265 e. The minimum absolute atomic E-state index is 0.226. The first-order chi connectivity index (χ1) is 15.2. The Kier molecular flexibility index (Phi) is 5.82. The van der Waals surface area contributed by atoms with Crippen LogP contribution in [0.4, 0.5) is 11.4 Å². The van der Waals surface area contributed by atoms with E-state index in [0.29, 0.717) is 22.9 Å². The van der Waals surface area contributed by atoms with Gasteiger partial charge in [-0.05, 0) is 47.2 Å². The summed E-state index contributed by atoms with van der Waals surface area (Å²) in [6, 6.07) is 20.4. The Morgan fingerprint density at radius 3 is 2.28 bits per heavy atom. The van der Waals surface area contributed by atoms with Crippen molar-refractivity contribution in [3.8, 4) is 11.1 Å². The second-order valence-corrected chi connectivity index (χ2v) is 10.6. The molecule has 6 heteroatoms. The van der Waals surface area contributed by atoms with Crippen molar-refractivity contribution < 1.29 is 13.2 Å². The van der Waals surface area contributed by atoms with E-state index in [9.17, 15) is 13.2 Å². The first-order valence-corrected chi connectivity index (χ1v) is 12.3. The molecule has 5 nitrogen and oxygen atoms in total. The van der Waals surface area contributed by atoms with Crippen molar-refractivity contribution in [2.45, 2.75) is 44.4 Å². The van der Waals surface area contributed by atoms with Crippen LogP contribution in [0.1, 0.15) is 50.7 Å². The van der Waals surface area contributed by atoms with Gasteiger partial charge in [-0.25, -0.2) is 8.42 Å². The second kappa shape index (κ2) is 8.43. The van der Waals surface area contributed by atoms with Gasteiger partial charge in [0.15, 0.2) is 0 Å². The largest absolute Gasteiger partial charge is 0.324 e. The van der Waals surface area contributed by atoms with Crippen LogP contribution in [0.25, 0.3) is 11.1 Å². The molecule has 4 rings (SSSR count). The number of para-hydroxylation sites is 1. The van der Waals surface area contributed by atoms with Crippen LogP contribution in [-0.2, 0) is 14.8 Å². The molecule has 3 aromatic carbocycles. The highest BCUT2D eigenvalue weighted by Gasteiger charge is 2.36. The van der Waals surface area contributed by atoms with Gasteiger partial charge >= 0.3 is 0 Å². The van der Waals surface area contributed by atoms with Crippen LogP contribution in [0.15, 0.2) is 71.6 Å². The SMILES string of the molecule is CC(C)c1ccc2c(c1)-c1ccccc1S(=O)(=O)N2CC(=O)Nc1ccccc1C(C)C. The number of nitrogens with zero attached hydrogens (tertiary/aromatic N) is 1. The Balaban J connectivity index is 1.74. The summed E-state index contributed by atoms with van der Waals surface area (Å²) in [6.07, 6.45) is 0. The molecule has 0 fully saturated rings. The fraction of sp³-hybridized carbons (Fsp3) is 0.269. The monoisotopic (exact) mass is 448 g/mol. The van der Waals surface area contributed by atoms with E-state index in [2.05, 4.69) is 33.0 Å². The third kappa shape index (κ3) is 3.91. The number of benzene rings is 3. The van der Waals surface area contributed by atoms with E-state index in [-0.39, 0.29) is 23.3 Å². The van der Waals surface area contributed by atoms with Gasteiger partial charge in [-0.1, -0.05) is 70.2 Å². The van der Waals surface area contributed by atoms with Crippen molar-refractivity contribution >= 4 is 27.3 Å². The first-order valence-electron chi connectivity index (χ1n) is 10.8. The first kappa shape index (κ1) is 22.1.